The van der Waals surface area contributed by atoms with Crippen molar-refractivity contribution in [1.82, 2.24) is 4.90 Å². The summed E-state index contributed by atoms with van der Waals surface area (Å²) >= 11 is 0. The summed E-state index contributed by atoms with van der Waals surface area (Å²) < 4.78 is 5.83. The van der Waals surface area contributed by atoms with Gasteiger partial charge in [0.05, 0.1) is 0 Å². The molecule has 1 aliphatic heterocycles. The zero-order chi connectivity index (χ0) is 19.6. The Bertz CT molecular complexity index is 385. The van der Waals surface area contributed by atoms with E-state index in [0.717, 1.165) is 25.7 Å². The van der Waals surface area contributed by atoms with Crippen molar-refractivity contribution in [2.24, 2.45) is 0 Å². The van der Waals surface area contributed by atoms with Gasteiger partial charge in [0.25, 0.3) is 0 Å². The average Bonchev–Trinajstić information content (AvgIpc) is 2.53. The number of nitrogens with zero attached hydrogens (tertiary/aromatic N) is 1. The normalized spacial score (nSPS) is 20.2. The third kappa shape index (κ3) is 8.41. The highest BCUT2D eigenvalue weighted by Gasteiger charge is 2.44. The lowest BCUT2D eigenvalue weighted by molar-refractivity contribution is -0.159. The Labute approximate surface area is 163 Å². The molecule has 0 spiro atoms. The molecule has 0 amide bonds. The Morgan fingerprint density at radius 2 is 1.27 bits per heavy atom. The summed E-state index contributed by atoms with van der Waals surface area (Å²) in [7, 11) is 2.18. The second kappa shape index (κ2) is 11.3. The van der Waals surface area contributed by atoms with Gasteiger partial charge >= 0.3 is 5.97 Å². The first-order valence-electron chi connectivity index (χ1n) is 11.1. The van der Waals surface area contributed by atoms with Gasteiger partial charge in [0, 0.05) is 30.3 Å². The van der Waals surface area contributed by atoms with Gasteiger partial charge in [-0.1, -0.05) is 64.7 Å². The van der Waals surface area contributed by atoms with Crippen molar-refractivity contribution in [3.05, 3.63) is 0 Å². The maximum absolute atomic E-state index is 12.2. The van der Waals surface area contributed by atoms with Crippen LogP contribution < -0.4 is 0 Å². The van der Waals surface area contributed by atoms with Gasteiger partial charge in [-0.05, 0) is 41.2 Å². The molecule has 3 nitrogen and oxygen atoms in total. The van der Waals surface area contributed by atoms with E-state index in [9.17, 15) is 4.79 Å². The van der Waals surface area contributed by atoms with Crippen LogP contribution in [0.1, 0.15) is 118 Å². The molecule has 26 heavy (non-hydrogen) atoms. The van der Waals surface area contributed by atoms with Gasteiger partial charge in [0.15, 0.2) is 0 Å². The molecule has 0 bridgehead atoms. The monoisotopic (exact) mass is 367 g/mol. The molecule has 0 aromatic heterocycles. The van der Waals surface area contributed by atoms with Crippen molar-refractivity contribution in [1.29, 1.82) is 0 Å². The molecule has 0 aliphatic carbocycles. The number of ether oxygens (including phenoxy) is 1. The number of hydrogen-bond acceptors (Lipinski definition) is 3. The first-order chi connectivity index (χ1) is 12.2. The zero-order valence-corrected chi connectivity index (χ0v) is 18.5. The first-order valence-corrected chi connectivity index (χ1v) is 11.1. The molecule has 0 aromatic carbocycles. The molecule has 154 valence electrons. The van der Waals surface area contributed by atoms with E-state index in [1.807, 2.05) is 0 Å². The van der Waals surface area contributed by atoms with Crippen LogP contribution in [-0.4, -0.2) is 35.1 Å². The fourth-order valence-corrected chi connectivity index (χ4v) is 4.36. The number of piperidine rings is 1. The van der Waals surface area contributed by atoms with Crippen molar-refractivity contribution in [3.63, 3.8) is 0 Å². The van der Waals surface area contributed by atoms with E-state index >= 15 is 0 Å². The predicted molar refractivity (Wildman–Crippen MR) is 111 cm³/mol. The van der Waals surface area contributed by atoms with E-state index in [4.69, 9.17) is 4.74 Å². The smallest absolute Gasteiger partial charge is 0.306 e. The highest BCUT2D eigenvalue weighted by Crippen LogP contribution is 2.38. The van der Waals surface area contributed by atoms with Crippen molar-refractivity contribution >= 4 is 5.97 Å². The number of esters is 1. The van der Waals surface area contributed by atoms with Crippen LogP contribution in [0.4, 0.5) is 0 Å². The molecular formula is C23H45NO2. The van der Waals surface area contributed by atoms with Gasteiger partial charge < -0.3 is 4.74 Å². The molecule has 0 N–H and O–H groups in total. The van der Waals surface area contributed by atoms with E-state index in [-0.39, 0.29) is 23.2 Å². The summed E-state index contributed by atoms with van der Waals surface area (Å²) in [4.78, 5) is 14.6. The maximum atomic E-state index is 12.2. The predicted octanol–water partition coefficient (Wildman–Crippen LogP) is 6.49. The molecule has 0 saturated carbocycles. The standard InChI is InChI=1S/C23H45NO2/c1-7-8-9-10-11-12-13-14-15-16-17-21(25)26-20-18-22(2,3)24(6)23(4,5)19-20/h20H,7-19H2,1-6H3. The number of carbonyl (C=O) groups excluding carboxylic acids is 1. The average molecular weight is 368 g/mol. The second-order valence-corrected chi connectivity index (χ2v) is 9.64. The van der Waals surface area contributed by atoms with Gasteiger partial charge in [-0.3, -0.25) is 9.69 Å². The molecule has 0 radical (unpaired) electrons. The van der Waals surface area contributed by atoms with Gasteiger partial charge in [-0.15, -0.1) is 0 Å². The lowest BCUT2D eigenvalue weighted by Crippen LogP contribution is -2.60. The molecule has 1 heterocycles. The topological polar surface area (TPSA) is 29.5 Å². The third-order valence-corrected chi connectivity index (χ3v) is 6.30. The van der Waals surface area contributed by atoms with Crippen LogP contribution in [0.25, 0.3) is 0 Å². The summed E-state index contributed by atoms with van der Waals surface area (Å²) in [6.07, 6.45) is 15.4. The van der Waals surface area contributed by atoms with E-state index in [1.54, 1.807) is 0 Å². The van der Waals surface area contributed by atoms with E-state index in [2.05, 4.69) is 46.6 Å². The van der Waals surface area contributed by atoms with E-state index in [1.165, 1.54) is 51.4 Å². The van der Waals surface area contributed by atoms with Crippen LogP contribution in [0.5, 0.6) is 0 Å². The number of carbonyl (C=O) groups is 1. The summed E-state index contributed by atoms with van der Waals surface area (Å²) in [5, 5.41) is 0. The van der Waals surface area contributed by atoms with Crippen molar-refractivity contribution in [3.8, 4) is 0 Å². The minimum Gasteiger partial charge on any atom is -0.462 e. The number of likely N-dealkylation sites (tertiary alicyclic amines) is 1. The van der Waals surface area contributed by atoms with Crippen LogP contribution in [0, 0.1) is 0 Å². The quantitative estimate of drug-likeness (QED) is 0.291. The Kier molecular flexibility index (Phi) is 10.2. The molecule has 1 fully saturated rings. The Morgan fingerprint density at radius 1 is 0.846 bits per heavy atom. The molecular weight excluding hydrogens is 322 g/mol. The highest BCUT2D eigenvalue weighted by molar-refractivity contribution is 5.69. The fourth-order valence-electron chi connectivity index (χ4n) is 4.36. The summed E-state index contributed by atoms with van der Waals surface area (Å²) in [6, 6.07) is 0. The van der Waals surface area contributed by atoms with E-state index < -0.39 is 0 Å². The lowest BCUT2D eigenvalue weighted by atomic mass is 9.79. The molecule has 1 saturated heterocycles. The van der Waals surface area contributed by atoms with Crippen LogP contribution in [0.3, 0.4) is 0 Å². The largest absolute Gasteiger partial charge is 0.462 e. The van der Waals surface area contributed by atoms with Crippen LogP contribution in [0.2, 0.25) is 0 Å². The van der Waals surface area contributed by atoms with Gasteiger partial charge in [0.1, 0.15) is 6.10 Å². The fraction of sp³-hybridized carbons (Fsp3) is 0.957. The van der Waals surface area contributed by atoms with Gasteiger partial charge in [-0.2, -0.15) is 0 Å². The van der Waals surface area contributed by atoms with Gasteiger partial charge in [-0.25, -0.2) is 0 Å². The number of hydrogen-bond donors (Lipinski definition) is 0. The number of rotatable bonds is 12. The maximum Gasteiger partial charge on any atom is 0.306 e. The molecule has 0 atom stereocenters. The lowest BCUT2D eigenvalue weighted by Gasteiger charge is -2.53. The molecule has 0 unspecified atom stereocenters. The molecule has 1 rings (SSSR count). The molecule has 1 aliphatic rings. The van der Waals surface area contributed by atoms with Crippen LogP contribution >= 0.6 is 0 Å². The summed E-state index contributed by atoms with van der Waals surface area (Å²) in [5.74, 6) is 0.00530. The van der Waals surface area contributed by atoms with Crippen molar-refractivity contribution in [2.75, 3.05) is 7.05 Å². The summed E-state index contributed by atoms with van der Waals surface area (Å²) in [6.45, 7) is 11.3. The van der Waals surface area contributed by atoms with Gasteiger partial charge in [0.2, 0.25) is 0 Å². The molecule has 3 heteroatoms. The third-order valence-electron chi connectivity index (χ3n) is 6.30. The van der Waals surface area contributed by atoms with Crippen LogP contribution in [-0.2, 0) is 9.53 Å². The highest BCUT2D eigenvalue weighted by atomic mass is 16.5. The zero-order valence-electron chi connectivity index (χ0n) is 18.5. The minimum atomic E-state index is 0.00530. The SMILES string of the molecule is CCCCCCCCCCCCC(=O)OC1CC(C)(C)N(C)C(C)(C)C1. The van der Waals surface area contributed by atoms with Crippen LogP contribution in [0.15, 0.2) is 0 Å². The van der Waals surface area contributed by atoms with Crippen molar-refractivity contribution < 1.29 is 9.53 Å². The Morgan fingerprint density at radius 3 is 1.73 bits per heavy atom. The Hall–Kier alpha value is -0.570. The van der Waals surface area contributed by atoms with Crippen molar-refractivity contribution in [2.45, 2.75) is 135 Å². The Balaban J connectivity index is 2.12. The minimum absolute atomic E-state index is 0.00530. The second-order valence-electron chi connectivity index (χ2n) is 9.64. The number of unbranched alkanes of at least 4 members (excludes halogenated alkanes) is 9. The van der Waals surface area contributed by atoms with E-state index in [0.29, 0.717) is 6.42 Å². The molecule has 0 aromatic rings. The first kappa shape index (κ1) is 23.5. The summed E-state index contributed by atoms with van der Waals surface area (Å²) in [5.41, 5.74) is 0.146.